The monoisotopic (exact) mass is 612 g/mol. The minimum Gasteiger partial charge on any atom is -0.490 e. The van der Waals surface area contributed by atoms with Gasteiger partial charge in [0.2, 0.25) is 0 Å². The number of allylic oxidation sites excluding steroid dienone is 2. The summed E-state index contributed by atoms with van der Waals surface area (Å²) in [6, 6.07) is 29.1. The number of halogens is 2. The summed E-state index contributed by atoms with van der Waals surface area (Å²) in [6.45, 7) is 2.82. The molecule has 2 aliphatic rings. The summed E-state index contributed by atoms with van der Waals surface area (Å²) < 4.78 is 12.8. The predicted molar refractivity (Wildman–Crippen MR) is 168 cm³/mol. The smallest absolute Gasteiger partial charge is 0.175 e. The molecule has 0 bridgehead atoms. The highest BCUT2D eigenvalue weighted by Crippen LogP contribution is 2.49. The van der Waals surface area contributed by atoms with E-state index in [1.807, 2.05) is 49.5 Å². The van der Waals surface area contributed by atoms with E-state index in [-0.39, 0.29) is 6.04 Å². The van der Waals surface area contributed by atoms with Gasteiger partial charge in [0.25, 0.3) is 0 Å². The molecule has 0 fully saturated rings. The van der Waals surface area contributed by atoms with E-state index in [9.17, 15) is 0 Å². The van der Waals surface area contributed by atoms with Crippen LogP contribution in [0.1, 0.15) is 47.6 Å². The van der Waals surface area contributed by atoms with Gasteiger partial charge in [0, 0.05) is 28.4 Å². The summed E-state index contributed by atoms with van der Waals surface area (Å²) in [7, 11) is 0. The first-order valence-corrected chi connectivity index (χ1v) is 14.8. The number of nitrogens with one attached hydrogen (secondary N) is 1. The third-order valence-corrected chi connectivity index (χ3v) is 8.51. The molecule has 1 heterocycles. The molecule has 1 N–H and O–H groups in total. The van der Waals surface area contributed by atoms with Crippen LogP contribution in [0.25, 0.3) is 0 Å². The first-order chi connectivity index (χ1) is 19.6. The predicted octanol–water partition coefficient (Wildman–Crippen LogP) is 9.66. The van der Waals surface area contributed by atoms with Gasteiger partial charge in [-0.25, -0.2) is 0 Å². The van der Waals surface area contributed by atoms with Gasteiger partial charge in [-0.2, -0.15) is 0 Å². The van der Waals surface area contributed by atoms with Crippen molar-refractivity contribution in [3.8, 4) is 11.5 Å². The molecule has 202 valence electrons. The molecule has 0 saturated heterocycles. The van der Waals surface area contributed by atoms with Crippen molar-refractivity contribution in [2.24, 2.45) is 10.9 Å². The molecule has 6 rings (SSSR count). The van der Waals surface area contributed by atoms with Crippen LogP contribution in [-0.4, -0.2) is 12.8 Å². The van der Waals surface area contributed by atoms with Gasteiger partial charge < -0.3 is 14.8 Å². The van der Waals surface area contributed by atoms with Gasteiger partial charge in [-0.05, 0) is 88.3 Å². The van der Waals surface area contributed by atoms with Crippen LogP contribution < -0.4 is 14.8 Å². The zero-order valence-corrected chi connectivity index (χ0v) is 24.5. The van der Waals surface area contributed by atoms with Crippen molar-refractivity contribution >= 4 is 45.1 Å². The Morgan fingerprint density at radius 3 is 2.62 bits per heavy atom. The fraction of sp³-hybridized carbons (Fsp3) is 0.206. The standard InChI is InChI=1S/C34H30BrClN2O2/c1-2-39-32-19-22(18-29(35)34(32)40-21-24-8-3-5-12-30(24)36)20-37-25-16-14-23(15-17-25)33-28-11-7-10-26(28)27-9-4-6-13-31(27)38-33/h3-10,12-20,26,28,33,38H,2,11,21H2,1H3/t26-,28-,33+/m1/s1. The van der Waals surface area contributed by atoms with Crippen LogP contribution in [0, 0.1) is 5.92 Å². The molecule has 0 unspecified atom stereocenters. The average Bonchev–Trinajstić information content (AvgIpc) is 3.47. The lowest BCUT2D eigenvalue weighted by atomic mass is 9.77. The number of rotatable bonds is 8. The topological polar surface area (TPSA) is 42.8 Å². The number of nitrogens with zero attached hydrogens (tertiary/aromatic N) is 1. The van der Waals surface area contributed by atoms with Crippen molar-refractivity contribution in [3.05, 3.63) is 129 Å². The Balaban J connectivity index is 1.18. The molecule has 4 nitrogen and oxygen atoms in total. The third-order valence-electron chi connectivity index (χ3n) is 7.55. The van der Waals surface area contributed by atoms with Gasteiger partial charge in [-0.15, -0.1) is 0 Å². The molecule has 1 aliphatic heterocycles. The van der Waals surface area contributed by atoms with E-state index in [0.717, 1.165) is 27.7 Å². The summed E-state index contributed by atoms with van der Waals surface area (Å²) in [4.78, 5) is 4.75. The van der Waals surface area contributed by atoms with Crippen molar-refractivity contribution in [1.82, 2.24) is 0 Å². The maximum absolute atomic E-state index is 6.31. The molecule has 3 atom stereocenters. The number of para-hydroxylation sites is 1. The van der Waals surface area contributed by atoms with Gasteiger partial charge >= 0.3 is 0 Å². The zero-order valence-electron chi connectivity index (χ0n) is 22.2. The van der Waals surface area contributed by atoms with Gasteiger partial charge in [0.1, 0.15) is 6.61 Å². The van der Waals surface area contributed by atoms with E-state index in [1.54, 1.807) is 0 Å². The Morgan fingerprint density at radius 1 is 1.00 bits per heavy atom. The normalized spacial score (nSPS) is 19.2. The maximum Gasteiger partial charge on any atom is 0.175 e. The lowest BCUT2D eigenvalue weighted by Crippen LogP contribution is -2.28. The molecule has 4 aromatic rings. The summed E-state index contributed by atoms with van der Waals surface area (Å²) >= 11 is 9.97. The Kier molecular flexibility index (Phi) is 7.94. The fourth-order valence-corrected chi connectivity index (χ4v) is 6.39. The molecular weight excluding hydrogens is 584 g/mol. The van der Waals surface area contributed by atoms with Crippen molar-refractivity contribution in [2.45, 2.75) is 31.9 Å². The highest BCUT2D eigenvalue weighted by atomic mass is 79.9. The number of benzene rings is 4. The van der Waals surface area contributed by atoms with Crippen molar-refractivity contribution in [3.63, 3.8) is 0 Å². The Morgan fingerprint density at radius 2 is 1.80 bits per heavy atom. The number of aliphatic imine (C=N–C) groups is 1. The summed E-state index contributed by atoms with van der Waals surface area (Å²) in [5, 5.41) is 4.47. The van der Waals surface area contributed by atoms with Crippen LogP contribution in [0.2, 0.25) is 5.02 Å². The van der Waals surface area contributed by atoms with E-state index in [0.29, 0.717) is 41.6 Å². The number of anilines is 1. The highest BCUT2D eigenvalue weighted by molar-refractivity contribution is 9.10. The molecule has 1 aliphatic carbocycles. The van der Waals surface area contributed by atoms with Crippen LogP contribution in [0.4, 0.5) is 11.4 Å². The minimum absolute atomic E-state index is 0.274. The van der Waals surface area contributed by atoms with Gasteiger partial charge in [0.05, 0.1) is 22.8 Å². The average molecular weight is 614 g/mol. The van der Waals surface area contributed by atoms with E-state index in [1.165, 1.54) is 16.8 Å². The zero-order chi connectivity index (χ0) is 27.5. The minimum atomic E-state index is 0.274. The van der Waals surface area contributed by atoms with Crippen LogP contribution in [-0.2, 0) is 6.61 Å². The molecule has 40 heavy (non-hydrogen) atoms. The number of ether oxygens (including phenoxy) is 2. The van der Waals surface area contributed by atoms with E-state index in [2.05, 4.69) is 81.9 Å². The first-order valence-electron chi connectivity index (χ1n) is 13.6. The lowest BCUT2D eigenvalue weighted by Gasteiger charge is -2.37. The molecule has 0 aromatic heterocycles. The molecule has 0 radical (unpaired) electrons. The second-order valence-corrected chi connectivity index (χ2v) is 11.3. The van der Waals surface area contributed by atoms with Crippen LogP contribution in [0.3, 0.4) is 0 Å². The van der Waals surface area contributed by atoms with Gasteiger partial charge in [-0.1, -0.05) is 72.3 Å². The largest absolute Gasteiger partial charge is 0.490 e. The highest BCUT2D eigenvalue weighted by Gasteiger charge is 2.37. The lowest BCUT2D eigenvalue weighted by molar-refractivity contribution is 0.267. The maximum atomic E-state index is 6.31. The van der Waals surface area contributed by atoms with E-state index >= 15 is 0 Å². The van der Waals surface area contributed by atoms with Crippen LogP contribution >= 0.6 is 27.5 Å². The summed E-state index contributed by atoms with van der Waals surface area (Å²) in [5.41, 5.74) is 6.64. The molecule has 0 saturated carbocycles. The fourth-order valence-electron chi connectivity index (χ4n) is 5.62. The Bertz CT molecular complexity index is 1570. The number of fused-ring (bicyclic) bond motifs is 3. The Labute approximate surface area is 248 Å². The van der Waals surface area contributed by atoms with Gasteiger partial charge in [-0.3, -0.25) is 4.99 Å². The van der Waals surface area contributed by atoms with Crippen LogP contribution in [0.5, 0.6) is 11.5 Å². The first kappa shape index (κ1) is 26.7. The SMILES string of the molecule is CCOc1cc(C=Nc2ccc([C@@H]3Nc4ccccc4[C@H]4C=CC[C@H]43)cc2)cc(Br)c1OCc1ccccc1Cl. The number of hydrogen-bond donors (Lipinski definition) is 1. The van der Waals surface area contributed by atoms with E-state index in [4.69, 9.17) is 26.1 Å². The third kappa shape index (κ3) is 5.54. The molecule has 0 spiro atoms. The molecule has 6 heteroatoms. The Hall–Kier alpha value is -3.54. The summed E-state index contributed by atoms with van der Waals surface area (Å²) in [6.07, 6.45) is 7.64. The second-order valence-electron chi connectivity index (χ2n) is 10.1. The van der Waals surface area contributed by atoms with Crippen molar-refractivity contribution < 1.29 is 9.47 Å². The van der Waals surface area contributed by atoms with Crippen LogP contribution in [0.15, 0.2) is 107 Å². The molecular formula is C34H30BrClN2O2. The van der Waals surface area contributed by atoms with Gasteiger partial charge in [0.15, 0.2) is 11.5 Å². The van der Waals surface area contributed by atoms with E-state index < -0.39 is 0 Å². The molecule has 0 amide bonds. The molecule has 4 aromatic carbocycles. The second kappa shape index (κ2) is 11.9. The van der Waals surface area contributed by atoms with Crippen molar-refractivity contribution in [1.29, 1.82) is 0 Å². The quantitative estimate of drug-likeness (QED) is 0.159. The van der Waals surface area contributed by atoms with Crippen molar-refractivity contribution in [2.75, 3.05) is 11.9 Å². The summed E-state index contributed by atoms with van der Waals surface area (Å²) in [5.74, 6) is 2.29. The number of hydrogen-bond acceptors (Lipinski definition) is 4.